The zero-order valence-electron chi connectivity index (χ0n) is 7.27. The maximum absolute atomic E-state index is 10.4. The first-order valence-corrected chi connectivity index (χ1v) is 5.07. The van der Waals surface area contributed by atoms with Gasteiger partial charge >= 0.3 is 5.97 Å². The summed E-state index contributed by atoms with van der Waals surface area (Å²) in [4.78, 5) is 11.3. The summed E-state index contributed by atoms with van der Waals surface area (Å²) in [7, 11) is 0. The van der Waals surface area contributed by atoms with Crippen LogP contribution < -0.4 is 0 Å². The molecule has 4 heteroatoms. The van der Waals surface area contributed by atoms with Crippen LogP contribution in [0, 0.1) is 0 Å². The van der Waals surface area contributed by atoms with E-state index in [2.05, 4.69) is 0 Å². The molecule has 0 amide bonds. The van der Waals surface area contributed by atoms with Crippen molar-refractivity contribution in [1.29, 1.82) is 0 Å². The van der Waals surface area contributed by atoms with Gasteiger partial charge in [0.15, 0.2) is 0 Å². The molecule has 0 saturated heterocycles. The summed E-state index contributed by atoms with van der Waals surface area (Å²) in [6.45, 7) is 0. The molecule has 2 aromatic rings. The fraction of sp³-hybridized carbons (Fsp3) is 0.100. The molecule has 1 aromatic carbocycles. The highest BCUT2D eigenvalue weighted by molar-refractivity contribution is 8.00. The Labute approximate surface area is 84.7 Å². The second-order valence-corrected chi connectivity index (χ2v) is 3.80. The van der Waals surface area contributed by atoms with Crippen molar-refractivity contribution in [3.05, 3.63) is 30.5 Å². The lowest BCUT2D eigenvalue weighted by atomic mass is 10.3. The Morgan fingerprint density at radius 1 is 1.43 bits per heavy atom. The molecule has 1 aromatic heterocycles. The summed E-state index contributed by atoms with van der Waals surface area (Å²) in [5, 5.41) is 9.50. The minimum atomic E-state index is -0.819. The molecule has 1 heterocycles. The summed E-state index contributed by atoms with van der Waals surface area (Å²) in [6, 6.07) is 7.57. The minimum absolute atomic E-state index is 0.0591. The molecule has 72 valence electrons. The van der Waals surface area contributed by atoms with Crippen LogP contribution >= 0.6 is 11.8 Å². The SMILES string of the molecule is O=C(O)CSc1coc2ccccc12. The summed E-state index contributed by atoms with van der Waals surface area (Å²) >= 11 is 1.27. The standard InChI is InChI=1S/C10H8O3S/c11-10(12)6-14-9-5-13-8-4-2-1-3-7(8)9/h1-5H,6H2,(H,11,12). The molecule has 0 unspecified atom stereocenters. The van der Waals surface area contributed by atoms with E-state index in [1.807, 2.05) is 24.3 Å². The number of rotatable bonds is 3. The molecule has 0 fully saturated rings. The van der Waals surface area contributed by atoms with Gasteiger partial charge in [0.2, 0.25) is 0 Å². The summed E-state index contributed by atoms with van der Waals surface area (Å²) in [5.74, 6) is -0.760. The van der Waals surface area contributed by atoms with Crippen molar-refractivity contribution in [3.8, 4) is 0 Å². The third-order valence-corrected chi connectivity index (χ3v) is 2.82. The van der Waals surface area contributed by atoms with Gasteiger partial charge in [-0.2, -0.15) is 0 Å². The molecule has 0 saturated carbocycles. The van der Waals surface area contributed by atoms with Gasteiger partial charge < -0.3 is 9.52 Å². The quantitative estimate of drug-likeness (QED) is 0.788. The third kappa shape index (κ3) is 1.75. The van der Waals surface area contributed by atoms with E-state index in [0.29, 0.717) is 0 Å². The first-order valence-electron chi connectivity index (χ1n) is 4.08. The number of thioether (sulfide) groups is 1. The van der Waals surface area contributed by atoms with Gasteiger partial charge in [0.1, 0.15) is 11.8 Å². The number of hydrogen-bond donors (Lipinski definition) is 1. The van der Waals surface area contributed by atoms with Crippen LogP contribution in [0.2, 0.25) is 0 Å². The number of furan rings is 1. The van der Waals surface area contributed by atoms with Crippen LogP contribution in [0.1, 0.15) is 0 Å². The van der Waals surface area contributed by atoms with Gasteiger partial charge in [-0.3, -0.25) is 4.79 Å². The number of fused-ring (bicyclic) bond motifs is 1. The number of carboxylic acid groups (broad SMARTS) is 1. The van der Waals surface area contributed by atoms with Gasteiger partial charge in [0.05, 0.1) is 10.6 Å². The van der Waals surface area contributed by atoms with Crippen LogP contribution in [0.25, 0.3) is 11.0 Å². The molecule has 0 aliphatic heterocycles. The molecule has 0 aliphatic rings. The molecular formula is C10H8O3S. The van der Waals surface area contributed by atoms with E-state index < -0.39 is 5.97 Å². The van der Waals surface area contributed by atoms with Crippen molar-refractivity contribution in [3.63, 3.8) is 0 Å². The van der Waals surface area contributed by atoms with Crippen molar-refractivity contribution in [2.24, 2.45) is 0 Å². The maximum atomic E-state index is 10.4. The predicted octanol–water partition coefficient (Wildman–Crippen LogP) is 2.61. The van der Waals surface area contributed by atoms with E-state index in [0.717, 1.165) is 15.9 Å². The molecule has 2 rings (SSSR count). The number of benzene rings is 1. The van der Waals surface area contributed by atoms with Gasteiger partial charge in [0.25, 0.3) is 0 Å². The Balaban J connectivity index is 2.29. The second-order valence-electron chi connectivity index (χ2n) is 2.78. The molecule has 3 nitrogen and oxygen atoms in total. The maximum Gasteiger partial charge on any atom is 0.313 e. The Morgan fingerprint density at radius 2 is 2.21 bits per heavy atom. The number of para-hydroxylation sites is 1. The van der Waals surface area contributed by atoms with Crippen LogP contribution in [0.4, 0.5) is 0 Å². The predicted molar refractivity (Wildman–Crippen MR) is 54.6 cm³/mol. The van der Waals surface area contributed by atoms with Crippen LogP contribution in [0.3, 0.4) is 0 Å². The molecule has 0 radical (unpaired) electrons. The van der Waals surface area contributed by atoms with E-state index in [4.69, 9.17) is 9.52 Å². The fourth-order valence-corrected chi connectivity index (χ4v) is 1.92. The molecule has 14 heavy (non-hydrogen) atoms. The van der Waals surface area contributed by atoms with E-state index in [1.165, 1.54) is 11.8 Å². The van der Waals surface area contributed by atoms with Crippen molar-refractivity contribution in [2.45, 2.75) is 4.90 Å². The van der Waals surface area contributed by atoms with Crippen LogP contribution in [-0.2, 0) is 4.79 Å². The monoisotopic (exact) mass is 208 g/mol. The highest BCUT2D eigenvalue weighted by Gasteiger charge is 2.06. The topological polar surface area (TPSA) is 50.4 Å². The van der Waals surface area contributed by atoms with Gasteiger partial charge in [-0.25, -0.2) is 0 Å². The minimum Gasteiger partial charge on any atom is -0.481 e. The van der Waals surface area contributed by atoms with E-state index in [-0.39, 0.29) is 5.75 Å². The number of carbonyl (C=O) groups is 1. The number of aliphatic carboxylic acids is 1. The van der Waals surface area contributed by atoms with Gasteiger partial charge in [-0.1, -0.05) is 12.1 Å². The van der Waals surface area contributed by atoms with E-state index in [9.17, 15) is 4.79 Å². The van der Waals surface area contributed by atoms with Crippen LogP contribution in [-0.4, -0.2) is 16.8 Å². The lowest BCUT2D eigenvalue weighted by molar-refractivity contribution is -0.133. The van der Waals surface area contributed by atoms with Gasteiger partial charge in [-0.15, -0.1) is 11.8 Å². The summed E-state index contributed by atoms with van der Waals surface area (Å²) in [6.07, 6.45) is 1.60. The zero-order valence-corrected chi connectivity index (χ0v) is 8.08. The molecule has 0 spiro atoms. The fourth-order valence-electron chi connectivity index (χ4n) is 1.20. The molecule has 0 aliphatic carbocycles. The van der Waals surface area contributed by atoms with Gasteiger partial charge in [0, 0.05) is 5.39 Å². The molecule has 0 atom stereocenters. The Hall–Kier alpha value is -1.42. The Kier molecular flexibility index (Phi) is 2.45. The first kappa shape index (κ1) is 9.15. The molecule has 1 N–H and O–H groups in total. The third-order valence-electron chi connectivity index (χ3n) is 1.80. The lowest BCUT2D eigenvalue weighted by Gasteiger charge is -1.93. The molecular weight excluding hydrogens is 200 g/mol. The van der Waals surface area contributed by atoms with Gasteiger partial charge in [-0.05, 0) is 12.1 Å². The number of hydrogen-bond acceptors (Lipinski definition) is 3. The first-order chi connectivity index (χ1) is 6.77. The normalized spacial score (nSPS) is 10.6. The second kappa shape index (κ2) is 3.75. The smallest absolute Gasteiger partial charge is 0.313 e. The van der Waals surface area contributed by atoms with Crippen LogP contribution in [0.5, 0.6) is 0 Å². The van der Waals surface area contributed by atoms with Crippen molar-refractivity contribution >= 4 is 28.7 Å². The highest BCUT2D eigenvalue weighted by atomic mass is 32.2. The Bertz CT molecular complexity index is 461. The van der Waals surface area contributed by atoms with Crippen molar-refractivity contribution in [1.82, 2.24) is 0 Å². The number of carboxylic acids is 1. The molecule has 0 bridgehead atoms. The van der Waals surface area contributed by atoms with Crippen LogP contribution in [0.15, 0.2) is 39.8 Å². The van der Waals surface area contributed by atoms with E-state index >= 15 is 0 Å². The zero-order chi connectivity index (χ0) is 9.97. The summed E-state index contributed by atoms with van der Waals surface area (Å²) < 4.78 is 5.27. The largest absolute Gasteiger partial charge is 0.481 e. The highest BCUT2D eigenvalue weighted by Crippen LogP contribution is 2.29. The Morgan fingerprint density at radius 3 is 3.00 bits per heavy atom. The average molecular weight is 208 g/mol. The van der Waals surface area contributed by atoms with E-state index in [1.54, 1.807) is 6.26 Å². The van der Waals surface area contributed by atoms with Crippen molar-refractivity contribution < 1.29 is 14.3 Å². The average Bonchev–Trinajstić information content (AvgIpc) is 2.58. The lowest BCUT2D eigenvalue weighted by Crippen LogP contribution is -1.96. The summed E-state index contributed by atoms with van der Waals surface area (Å²) in [5.41, 5.74) is 0.792. The van der Waals surface area contributed by atoms with Crippen molar-refractivity contribution in [2.75, 3.05) is 5.75 Å².